The summed E-state index contributed by atoms with van der Waals surface area (Å²) in [7, 11) is -1.91. The summed E-state index contributed by atoms with van der Waals surface area (Å²) in [5, 5.41) is -0.565. The Bertz CT molecular complexity index is 841. The van der Waals surface area contributed by atoms with Gasteiger partial charge < -0.3 is 9.64 Å². The van der Waals surface area contributed by atoms with Gasteiger partial charge in [-0.2, -0.15) is 0 Å². The minimum atomic E-state index is -3.44. The molecule has 1 saturated heterocycles. The molecule has 0 atom stereocenters. The molecule has 0 unspecified atom stereocenters. The lowest BCUT2D eigenvalue weighted by Gasteiger charge is -2.38. The van der Waals surface area contributed by atoms with E-state index in [1.165, 1.54) is 19.2 Å². The van der Waals surface area contributed by atoms with Crippen molar-refractivity contribution in [3.63, 3.8) is 0 Å². The van der Waals surface area contributed by atoms with Gasteiger partial charge in [-0.3, -0.25) is 4.79 Å². The first-order chi connectivity index (χ1) is 11.4. The lowest BCUT2D eigenvalue weighted by Crippen LogP contribution is -2.56. The molecule has 7 heteroatoms. The number of methoxy groups -OCH3 is 1. The van der Waals surface area contributed by atoms with E-state index in [1.807, 2.05) is 0 Å². The van der Waals surface area contributed by atoms with E-state index in [1.54, 1.807) is 41.3 Å². The highest BCUT2D eigenvalue weighted by molar-refractivity contribution is 9.10. The van der Waals surface area contributed by atoms with E-state index in [-0.39, 0.29) is 23.9 Å². The molecule has 1 heterocycles. The summed E-state index contributed by atoms with van der Waals surface area (Å²) < 4.78 is 31.1. The molecule has 1 fully saturated rings. The predicted octanol–water partition coefficient (Wildman–Crippen LogP) is 2.76. The zero-order chi connectivity index (χ0) is 17.3. The van der Waals surface area contributed by atoms with Gasteiger partial charge in [-0.05, 0) is 48.5 Å². The van der Waals surface area contributed by atoms with Crippen LogP contribution in [0.2, 0.25) is 0 Å². The Labute approximate surface area is 149 Å². The Morgan fingerprint density at radius 2 is 1.67 bits per heavy atom. The number of likely N-dealkylation sites (tertiary alicyclic amines) is 1. The van der Waals surface area contributed by atoms with Gasteiger partial charge in [0.25, 0.3) is 5.91 Å². The molecule has 0 bridgehead atoms. The first kappa shape index (κ1) is 17.0. The Morgan fingerprint density at radius 1 is 1.08 bits per heavy atom. The molecular formula is C17H16BrNO4S. The number of carbonyl (C=O) groups is 1. The van der Waals surface area contributed by atoms with Crippen molar-refractivity contribution in [3.8, 4) is 5.75 Å². The van der Waals surface area contributed by atoms with Crippen molar-refractivity contribution in [3.05, 3.63) is 58.6 Å². The smallest absolute Gasteiger partial charge is 0.253 e. The topological polar surface area (TPSA) is 63.7 Å². The first-order valence-corrected chi connectivity index (χ1v) is 9.68. The highest BCUT2D eigenvalue weighted by Gasteiger charge is 2.40. The fourth-order valence-corrected chi connectivity index (χ4v) is 4.45. The number of halogens is 1. The first-order valence-electron chi connectivity index (χ1n) is 7.34. The predicted molar refractivity (Wildman–Crippen MR) is 94.0 cm³/mol. The van der Waals surface area contributed by atoms with Crippen molar-refractivity contribution in [2.75, 3.05) is 20.2 Å². The average molecular weight is 410 g/mol. The SMILES string of the molecule is COc1ccc(S(=O)(=O)C2CN(C(=O)c3ccc(Br)cc3)C2)cc1. The van der Waals surface area contributed by atoms with Gasteiger partial charge in [-0.25, -0.2) is 8.42 Å². The Balaban J connectivity index is 1.68. The maximum Gasteiger partial charge on any atom is 0.253 e. The maximum absolute atomic E-state index is 12.6. The summed E-state index contributed by atoms with van der Waals surface area (Å²) in [4.78, 5) is 14.1. The molecule has 1 aliphatic heterocycles. The van der Waals surface area contributed by atoms with E-state index in [9.17, 15) is 13.2 Å². The van der Waals surface area contributed by atoms with Crippen molar-refractivity contribution >= 4 is 31.7 Å². The van der Waals surface area contributed by atoms with E-state index in [0.29, 0.717) is 11.3 Å². The van der Waals surface area contributed by atoms with Crippen molar-refractivity contribution in [2.24, 2.45) is 0 Å². The molecule has 24 heavy (non-hydrogen) atoms. The third kappa shape index (κ3) is 3.18. The second-order valence-corrected chi connectivity index (χ2v) is 8.70. The van der Waals surface area contributed by atoms with Crippen LogP contribution in [-0.2, 0) is 9.84 Å². The zero-order valence-corrected chi connectivity index (χ0v) is 15.4. The summed E-state index contributed by atoms with van der Waals surface area (Å²) in [6.07, 6.45) is 0. The third-order valence-corrected chi connectivity index (χ3v) is 6.69. The molecule has 5 nitrogen and oxygen atoms in total. The Hall–Kier alpha value is -1.86. The van der Waals surface area contributed by atoms with Crippen LogP contribution in [0, 0.1) is 0 Å². The molecule has 0 saturated carbocycles. The summed E-state index contributed by atoms with van der Waals surface area (Å²) in [6.45, 7) is 0.423. The van der Waals surface area contributed by atoms with Gasteiger partial charge >= 0.3 is 0 Å². The van der Waals surface area contributed by atoms with Crippen LogP contribution in [0.4, 0.5) is 0 Å². The molecule has 1 aliphatic rings. The normalized spacial score (nSPS) is 15.0. The van der Waals surface area contributed by atoms with E-state index >= 15 is 0 Å². The Kier molecular flexibility index (Phi) is 4.64. The van der Waals surface area contributed by atoms with Crippen molar-refractivity contribution in [2.45, 2.75) is 10.1 Å². The van der Waals surface area contributed by atoms with Crippen LogP contribution in [0.5, 0.6) is 5.75 Å². The minimum absolute atomic E-state index is 0.149. The molecular weight excluding hydrogens is 394 g/mol. The van der Waals surface area contributed by atoms with E-state index < -0.39 is 15.1 Å². The van der Waals surface area contributed by atoms with Gasteiger partial charge in [-0.15, -0.1) is 0 Å². The molecule has 0 aromatic heterocycles. The monoisotopic (exact) mass is 409 g/mol. The van der Waals surface area contributed by atoms with Crippen molar-refractivity contribution in [1.29, 1.82) is 0 Å². The van der Waals surface area contributed by atoms with Gasteiger partial charge in [0.05, 0.1) is 12.0 Å². The highest BCUT2D eigenvalue weighted by Crippen LogP contribution is 2.26. The number of sulfone groups is 1. The van der Waals surface area contributed by atoms with Gasteiger partial charge in [0.2, 0.25) is 0 Å². The number of amides is 1. The van der Waals surface area contributed by atoms with Crippen LogP contribution in [0.1, 0.15) is 10.4 Å². The maximum atomic E-state index is 12.6. The van der Waals surface area contributed by atoms with Crippen LogP contribution < -0.4 is 4.74 Å². The van der Waals surface area contributed by atoms with Gasteiger partial charge in [-0.1, -0.05) is 15.9 Å². The lowest BCUT2D eigenvalue weighted by atomic mass is 10.1. The van der Waals surface area contributed by atoms with Crippen LogP contribution in [0.3, 0.4) is 0 Å². The van der Waals surface area contributed by atoms with E-state index in [0.717, 1.165) is 4.47 Å². The average Bonchev–Trinajstić information content (AvgIpc) is 2.54. The number of benzene rings is 2. The van der Waals surface area contributed by atoms with Gasteiger partial charge in [0, 0.05) is 23.1 Å². The Morgan fingerprint density at radius 3 is 2.21 bits per heavy atom. The molecule has 0 N–H and O–H groups in total. The molecule has 2 aromatic rings. The fourth-order valence-electron chi connectivity index (χ4n) is 2.53. The summed E-state index contributed by atoms with van der Waals surface area (Å²) in [5.74, 6) is 0.457. The van der Waals surface area contributed by atoms with Crippen LogP contribution in [0.25, 0.3) is 0 Å². The number of carbonyl (C=O) groups excluding carboxylic acids is 1. The standard InChI is InChI=1S/C17H16BrNO4S/c1-23-14-6-8-15(9-7-14)24(21,22)16-10-19(11-16)17(20)12-2-4-13(18)5-3-12/h2-9,16H,10-11H2,1H3. The van der Waals surface area contributed by atoms with Gasteiger partial charge in [0.1, 0.15) is 11.0 Å². The lowest BCUT2D eigenvalue weighted by molar-refractivity contribution is 0.0659. The molecule has 0 spiro atoms. The van der Waals surface area contributed by atoms with Crippen molar-refractivity contribution < 1.29 is 17.9 Å². The molecule has 2 aromatic carbocycles. The fraction of sp³-hybridized carbons (Fsp3) is 0.235. The van der Waals surface area contributed by atoms with Crippen LogP contribution in [0.15, 0.2) is 57.9 Å². The summed E-state index contributed by atoms with van der Waals surface area (Å²) in [5.41, 5.74) is 0.554. The molecule has 126 valence electrons. The molecule has 3 rings (SSSR count). The second-order valence-electron chi connectivity index (χ2n) is 5.56. The summed E-state index contributed by atoms with van der Waals surface area (Å²) in [6, 6.07) is 13.3. The number of hydrogen-bond donors (Lipinski definition) is 0. The van der Waals surface area contributed by atoms with E-state index in [4.69, 9.17) is 4.74 Å². The third-order valence-electron chi connectivity index (χ3n) is 4.05. The second kappa shape index (κ2) is 6.57. The quantitative estimate of drug-likeness (QED) is 0.778. The number of nitrogens with zero attached hydrogens (tertiary/aromatic N) is 1. The number of ether oxygens (including phenoxy) is 1. The number of rotatable bonds is 4. The molecule has 0 radical (unpaired) electrons. The largest absolute Gasteiger partial charge is 0.497 e. The summed E-state index contributed by atoms with van der Waals surface area (Å²) >= 11 is 3.32. The zero-order valence-electron chi connectivity index (χ0n) is 13.0. The minimum Gasteiger partial charge on any atom is -0.497 e. The van der Waals surface area contributed by atoms with E-state index in [2.05, 4.69) is 15.9 Å². The number of hydrogen-bond acceptors (Lipinski definition) is 4. The highest BCUT2D eigenvalue weighted by atomic mass is 79.9. The molecule has 1 amide bonds. The van der Waals surface area contributed by atoms with Crippen molar-refractivity contribution in [1.82, 2.24) is 4.90 Å². The van der Waals surface area contributed by atoms with Crippen LogP contribution in [-0.4, -0.2) is 44.7 Å². The molecule has 0 aliphatic carbocycles. The van der Waals surface area contributed by atoms with Gasteiger partial charge in [0.15, 0.2) is 9.84 Å². The van der Waals surface area contributed by atoms with Crippen LogP contribution >= 0.6 is 15.9 Å².